The van der Waals surface area contributed by atoms with Crippen LogP contribution >= 0.6 is 0 Å². The van der Waals surface area contributed by atoms with Gasteiger partial charge in [0.05, 0.1) is 5.92 Å². The Bertz CT molecular complexity index is 529. The molecule has 0 heterocycles. The van der Waals surface area contributed by atoms with Gasteiger partial charge in [-0.05, 0) is 31.6 Å². The molecule has 1 aliphatic rings. The van der Waals surface area contributed by atoms with Crippen molar-refractivity contribution in [2.24, 2.45) is 11.8 Å². The third-order valence-electron chi connectivity index (χ3n) is 4.82. The minimum absolute atomic E-state index is 0.243. The molecular formula is C19H25F3O2. The van der Waals surface area contributed by atoms with E-state index in [4.69, 9.17) is 4.74 Å². The summed E-state index contributed by atoms with van der Waals surface area (Å²) in [6.45, 7) is 2.19. The summed E-state index contributed by atoms with van der Waals surface area (Å²) in [4.78, 5) is 12.1. The van der Waals surface area contributed by atoms with Crippen LogP contribution < -0.4 is 4.74 Å². The summed E-state index contributed by atoms with van der Waals surface area (Å²) >= 11 is 0. The molecule has 24 heavy (non-hydrogen) atoms. The van der Waals surface area contributed by atoms with Gasteiger partial charge in [0.15, 0.2) is 17.5 Å². The highest BCUT2D eigenvalue weighted by atomic mass is 19.2. The number of halogens is 3. The molecule has 0 amide bonds. The van der Waals surface area contributed by atoms with Gasteiger partial charge in [-0.1, -0.05) is 39.0 Å². The van der Waals surface area contributed by atoms with Crippen LogP contribution in [0.15, 0.2) is 12.1 Å². The van der Waals surface area contributed by atoms with Gasteiger partial charge in [0, 0.05) is 12.1 Å². The summed E-state index contributed by atoms with van der Waals surface area (Å²) < 4.78 is 44.2. The first-order valence-corrected chi connectivity index (χ1v) is 8.87. The fourth-order valence-corrected chi connectivity index (χ4v) is 3.34. The van der Waals surface area contributed by atoms with Crippen molar-refractivity contribution in [3.05, 3.63) is 29.6 Å². The van der Waals surface area contributed by atoms with Crippen LogP contribution in [0, 0.1) is 29.3 Å². The monoisotopic (exact) mass is 342 g/mol. The Morgan fingerprint density at radius 2 is 1.67 bits per heavy atom. The molecule has 0 aromatic heterocycles. The van der Waals surface area contributed by atoms with Crippen molar-refractivity contribution in [2.45, 2.75) is 64.7 Å². The lowest BCUT2D eigenvalue weighted by atomic mass is 9.80. The molecule has 0 unspecified atom stereocenters. The standard InChI is InChI=1S/C19H25F3O2/c1-2-3-4-5-6-13-7-9-14(10-8-13)19(23)24-15-11-16(20)18(22)17(21)12-15/h11-14H,2-10H2,1H3. The van der Waals surface area contributed by atoms with Crippen molar-refractivity contribution < 1.29 is 22.7 Å². The lowest BCUT2D eigenvalue weighted by Crippen LogP contribution is -2.25. The van der Waals surface area contributed by atoms with Crippen LogP contribution in [0.4, 0.5) is 13.2 Å². The first-order chi connectivity index (χ1) is 11.5. The minimum Gasteiger partial charge on any atom is -0.426 e. The highest BCUT2D eigenvalue weighted by Crippen LogP contribution is 2.33. The normalized spacial score (nSPS) is 20.8. The number of hydrogen-bond donors (Lipinski definition) is 0. The second kappa shape index (κ2) is 9.09. The molecule has 0 bridgehead atoms. The van der Waals surface area contributed by atoms with Crippen molar-refractivity contribution in [2.75, 3.05) is 0 Å². The van der Waals surface area contributed by atoms with E-state index < -0.39 is 23.4 Å². The van der Waals surface area contributed by atoms with Gasteiger partial charge in [0.2, 0.25) is 0 Å². The van der Waals surface area contributed by atoms with E-state index in [0.717, 1.165) is 25.7 Å². The SMILES string of the molecule is CCCCCCC1CCC(C(=O)Oc2cc(F)c(F)c(F)c2)CC1. The van der Waals surface area contributed by atoms with Gasteiger partial charge in [0.25, 0.3) is 0 Å². The lowest BCUT2D eigenvalue weighted by molar-refractivity contribution is -0.140. The van der Waals surface area contributed by atoms with E-state index in [2.05, 4.69) is 6.92 Å². The number of benzene rings is 1. The van der Waals surface area contributed by atoms with Gasteiger partial charge >= 0.3 is 5.97 Å². The van der Waals surface area contributed by atoms with E-state index >= 15 is 0 Å². The summed E-state index contributed by atoms with van der Waals surface area (Å²) in [5, 5.41) is 0. The molecule has 1 aromatic rings. The topological polar surface area (TPSA) is 26.3 Å². The van der Waals surface area contributed by atoms with Crippen molar-refractivity contribution in [3.63, 3.8) is 0 Å². The number of unbranched alkanes of at least 4 members (excludes halogenated alkanes) is 3. The number of carbonyl (C=O) groups excluding carboxylic acids is 1. The molecule has 0 saturated heterocycles. The Morgan fingerprint density at radius 3 is 2.25 bits per heavy atom. The first-order valence-electron chi connectivity index (χ1n) is 8.87. The molecule has 0 aliphatic heterocycles. The first kappa shape index (κ1) is 18.8. The molecule has 0 atom stereocenters. The Balaban J connectivity index is 1.78. The Labute approximate surface area is 141 Å². The third-order valence-corrected chi connectivity index (χ3v) is 4.82. The molecule has 1 fully saturated rings. The van der Waals surface area contributed by atoms with Gasteiger partial charge in [-0.2, -0.15) is 0 Å². The average molecular weight is 342 g/mol. The fraction of sp³-hybridized carbons (Fsp3) is 0.632. The Kier molecular flexibility index (Phi) is 7.13. The molecule has 0 N–H and O–H groups in total. The zero-order valence-electron chi connectivity index (χ0n) is 14.1. The largest absolute Gasteiger partial charge is 0.426 e. The van der Waals surface area contributed by atoms with E-state index in [1.165, 1.54) is 32.1 Å². The summed E-state index contributed by atoms with van der Waals surface area (Å²) in [6, 6.07) is 1.41. The van der Waals surface area contributed by atoms with E-state index in [9.17, 15) is 18.0 Å². The van der Waals surface area contributed by atoms with Gasteiger partial charge in [-0.15, -0.1) is 0 Å². The molecule has 1 saturated carbocycles. The van der Waals surface area contributed by atoms with Crippen LogP contribution in [0.3, 0.4) is 0 Å². The lowest BCUT2D eigenvalue weighted by Gasteiger charge is -2.27. The second-order valence-electron chi connectivity index (χ2n) is 6.69. The average Bonchev–Trinajstić information content (AvgIpc) is 2.57. The number of hydrogen-bond acceptors (Lipinski definition) is 2. The second-order valence-corrected chi connectivity index (χ2v) is 6.69. The number of carbonyl (C=O) groups is 1. The van der Waals surface area contributed by atoms with Crippen LogP contribution in [0.2, 0.25) is 0 Å². The van der Waals surface area contributed by atoms with Gasteiger partial charge in [-0.25, -0.2) is 13.2 Å². The number of rotatable bonds is 7. The molecule has 2 rings (SSSR count). The maximum absolute atomic E-state index is 13.2. The van der Waals surface area contributed by atoms with E-state index in [0.29, 0.717) is 18.1 Å². The summed E-state index contributed by atoms with van der Waals surface area (Å²) in [5.74, 6) is -4.61. The molecule has 1 aromatic carbocycles. The molecule has 0 spiro atoms. The molecule has 5 heteroatoms. The minimum atomic E-state index is -1.56. The van der Waals surface area contributed by atoms with E-state index in [1.807, 2.05) is 0 Å². The predicted molar refractivity (Wildman–Crippen MR) is 86.2 cm³/mol. The molecule has 0 radical (unpaired) electrons. The van der Waals surface area contributed by atoms with Gasteiger partial charge in [-0.3, -0.25) is 4.79 Å². The zero-order valence-corrected chi connectivity index (χ0v) is 14.1. The summed E-state index contributed by atoms with van der Waals surface area (Å²) in [5.41, 5.74) is 0. The van der Waals surface area contributed by atoms with Gasteiger partial charge < -0.3 is 4.74 Å². The highest BCUT2D eigenvalue weighted by molar-refractivity contribution is 5.75. The Morgan fingerprint density at radius 1 is 1.04 bits per heavy atom. The van der Waals surface area contributed by atoms with Crippen molar-refractivity contribution >= 4 is 5.97 Å². The van der Waals surface area contributed by atoms with Crippen LogP contribution in [-0.2, 0) is 4.79 Å². The third kappa shape index (κ3) is 5.25. The van der Waals surface area contributed by atoms with Crippen LogP contribution in [-0.4, -0.2) is 5.97 Å². The van der Waals surface area contributed by atoms with Crippen LogP contribution in [0.1, 0.15) is 64.7 Å². The van der Waals surface area contributed by atoms with Crippen LogP contribution in [0.5, 0.6) is 5.75 Å². The Hall–Kier alpha value is -1.52. The smallest absolute Gasteiger partial charge is 0.314 e. The maximum atomic E-state index is 13.2. The number of ether oxygens (including phenoxy) is 1. The summed E-state index contributed by atoms with van der Waals surface area (Å²) in [6.07, 6.45) is 9.65. The molecule has 1 aliphatic carbocycles. The van der Waals surface area contributed by atoms with Crippen molar-refractivity contribution in [3.8, 4) is 5.75 Å². The van der Waals surface area contributed by atoms with Crippen molar-refractivity contribution in [1.82, 2.24) is 0 Å². The molecule has 134 valence electrons. The van der Waals surface area contributed by atoms with E-state index in [-0.39, 0.29) is 11.7 Å². The van der Waals surface area contributed by atoms with Crippen molar-refractivity contribution in [1.29, 1.82) is 0 Å². The molecular weight excluding hydrogens is 317 g/mol. The number of esters is 1. The van der Waals surface area contributed by atoms with E-state index in [1.54, 1.807) is 0 Å². The quantitative estimate of drug-likeness (QED) is 0.271. The highest BCUT2D eigenvalue weighted by Gasteiger charge is 2.28. The zero-order chi connectivity index (χ0) is 17.5. The maximum Gasteiger partial charge on any atom is 0.314 e. The summed E-state index contributed by atoms with van der Waals surface area (Å²) in [7, 11) is 0. The predicted octanol–water partition coefficient (Wildman–Crippen LogP) is 5.79. The van der Waals surface area contributed by atoms with Crippen LogP contribution in [0.25, 0.3) is 0 Å². The molecule has 2 nitrogen and oxygen atoms in total. The fourth-order valence-electron chi connectivity index (χ4n) is 3.34. The van der Waals surface area contributed by atoms with Gasteiger partial charge in [0.1, 0.15) is 5.75 Å².